The molecule has 0 aliphatic carbocycles. The molecule has 1 fully saturated rings. The van der Waals surface area contributed by atoms with Crippen molar-refractivity contribution in [3.8, 4) is 6.19 Å². The van der Waals surface area contributed by atoms with E-state index in [1.165, 1.54) is 12.4 Å². The average Bonchev–Trinajstić information content (AvgIpc) is 3.30. The highest BCUT2D eigenvalue weighted by atomic mass is 35.5. The first kappa shape index (κ1) is 24.8. The zero-order valence-corrected chi connectivity index (χ0v) is 19.9. The molecule has 7 nitrogen and oxygen atoms in total. The van der Waals surface area contributed by atoms with Gasteiger partial charge < -0.3 is 15.5 Å². The standard InChI is InChI=1S/C24H28Cl2N6O/c25-20-14-28-15-21(26)22(20)31-24(30-17-27)29-12-7-2-1-4-8-18-11-13-32(16-18)23(33)19-9-5-3-6-10-19/h3,5-6,9-10,14-15,18H,1-2,4,7-8,11-13,16H2,(H2,28,29,30,31). The molecular formula is C24H28Cl2N6O. The summed E-state index contributed by atoms with van der Waals surface area (Å²) in [7, 11) is 0. The number of pyridine rings is 1. The number of unbranched alkanes of at least 4 members (excludes halogenated alkanes) is 3. The topological polar surface area (TPSA) is 93.4 Å². The summed E-state index contributed by atoms with van der Waals surface area (Å²) in [6, 6.07) is 9.51. The van der Waals surface area contributed by atoms with Crippen LogP contribution in [0.3, 0.4) is 0 Å². The van der Waals surface area contributed by atoms with Gasteiger partial charge in [0.05, 0.1) is 15.7 Å². The van der Waals surface area contributed by atoms with Gasteiger partial charge in [0.2, 0.25) is 12.2 Å². The number of amides is 1. The Bertz CT molecular complexity index is 972. The van der Waals surface area contributed by atoms with Crippen molar-refractivity contribution >= 4 is 40.8 Å². The summed E-state index contributed by atoms with van der Waals surface area (Å²) in [5, 5.41) is 15.7. The fourth-order valence-corrected chi connectivity index (χ4v) is 4.40. The lowest BCUT2D eigenvalue weighted by Crippen LogP contribution is -2.31. The molecule has 2 N–H and O–H groups in total. The Labute approximate surface area is 204 Å². The monoisotopic (exact) mass is 486 g/mol. The highest BCUT2D eigenvalue weighted by Gasteiger charge is 2.26. The van der Waals surface area contributed by atoms with Crippen LogP contribution >= 0.6 is 23.2 Å². The van der Waals surface area contributed by atoms with Gasteiger partial charge in [-0.1, -0.05) is 60.7 Å². The molecule has 2 aromatic rings. The lowest BCUT2D eigenvalue weighted by Gasteiger charge is -2.16. The fraction of sp³-hybridized carbons (Fsp3) is 0.417. The van der Waals surface area contributed by atoms with Crippen LogP contribution in [0.25, 0.3) is 0 Å². The number of hydrogen-bond donors (Lipinski definition) is 2. The minimum atomic E-state index is 0.141. The maximum absolute atomic E-state index is 12.6. The van der Waals surface area contributed by atoms with E-state index in [4.69, 9.17) is 28.5 Å². The average molecular weight is 487 g/mol. The zero-order valence-electron chi connectivity index (χ0n) is 18.4. The number of nitrogens with one attached hydrogen (secondary N) is 2. The maximum Gasteiger partial charge on any atom is 0.253 e. The zero-order chi connectivity index (χ0) is 23.5. The number of likely N-dealkylation sites (tertiary alicyclic amines) is 1. The van der Waals surface area contributed by atoms with E-state index in [-0.39, 0.29) is 5.91 Å². The quantitative estimate of drug-likeness (QED) is 0.216. The normalized spacial score (nSPS) is 15.8. The van der Waals surface area contributed by atoms with E-state index < -0.39 is 0 Å². The summed E-state index contributed by atoms with van der Waals surface area (Å²) >= 11 is 12.2. The van der Waals surface area contributed by atoms with Crippen LogP contribution in [-0.2, 0) is 0 Å². The molecule has 1 aromatic carbocycles. The summed E-state index contributed by atoms with van der Waals surface area (Å²) in [6.07, 6.45) is 11.3. The van der Waals surface area contributed by atoms with Crippen LogP contribution in [0.5, 0.6) is 0 Å². The number of nitrogens with zero attached hydrogens (tertiary/aromatic N) is 4. The molecule has 1 atom stereocenters. The van der Waals surface area contributed by atoms with Crippen molar-refractivity contribution in [2.45, 2.75) is 38.5 Å². The van der Waals surface area contributed by atoms with Gasteiger partial charge >= 0.3 is 0 Å². The summed E-state index contributed by atoms with van der Waals surface area (Å²) < 4.78 is 0. The lowest BCUT2D eigenvalue weighted by molar-refractivity contribution is 0.0786. The minimum absolute atomic E-state index is 0.141. The van der Waals surface area contributed by atoms with E-state index >= 15 is 0 Å². The van der Waals surface area contributed by atoms with Crippen LogP contribution in [0.15, 0.2) is 47.7 Å². The van der Waals surface area contributed by atoms with Gasteiger partial charge in [-0.05, 0) is 37.3 Å². The Morgan fingerprint density at radius 1 is 1.15 bits per heavy atom. The van der Waals surface area contributed by atoms with Crippen molar-refractivity contribution in [3.05, 3.63) is 58.3 Å². The Morgan fingerprint density at radius 3 is 2.61 bits per heavy atom. The Hall–Kier alpha value is -2.82. The molecule has 0 radical (unpaired) electrons. The van der Waals surface area contributed by atoms with E-state index in [1.807, 2.05) is 35.2 Å². The molecule has 1 unspecified atom stereocenters. The SMILES string of the molecule is N#CN=C(NCCCCCCC1CCN(C(=O)c2ccccc2)C1)Nc1c(Cl)cncc1Cl. The maximum atomic E-state index is 12.6. The third-order valence-corrected chi connectivity index (χ3v) is 6.26. The fourth-order valence-electron chi connectivity index (χ4n) is 3.95. The second kappa shape index (κ2) is 13.0. The molecule has 2 heterocycles. The van der Waals surface area contributed by atoms with E-state index in [9.17, 15) is 4.79 Å². The van der Waals surface area contributed by atoms with Crippen molar-refractivity contribution in [2.75, 3.05) is 25.0 Å². The third kappa shape index (κ3) is 7.62. The van der Waals surface area contributed by atoms with E-state index in [0.29, 0.717) is 34.2 Å². The molecule has 1 aromatic heterocycles. The Balaban J connectivity index is 1.30. The molecule has 1 aliphatic rings. The molecule has 0 bridgehead atoms. The summed E-state index contributed by atoms with van der Waals surface area (Å²) in [5.41, 5.74) is 1.24. The van der Waals surface area contributed by atoms with Crippen molar-refractivity contribution < 1.29 is 4.79 Å². The number of anilines is 1. The predicted octanol–water partition coefficient (Wildman–Crippen LogP) is 5.34. The van der Waals surface area contributed by atoms with Crippen LogP contribution < -0.4 is 10.6 Å². The van der Waals surface area contributed by atoms with Gasteiger partial charge in [0, 0.05) is 37.6 Å². The number of hydrogen-bond acceptors (Lipinski definition) is 4. The van der Waals surface area contributed by atoms with E-state index in [0.717, 1.165) is 57.2 Å². The Kier molecular flexibility index (Phi) is 9.79. The summed E-state index contributed by atoms with van der Waals surface area (Å²) in [5.74, 6) is 1.04. The van der Waals surface area contributed by atoms with Crippen molar-refractivity contribution in [3.63, 3.8) is 0 Å². The first-order valence-corrected chi connectivity index (χ1v) is 11.9. The molecule has 9 heteroatoms. The minimum Gasteiger partial charge on any atom is -0.355 e. The molecular weight excluding hydrogens is 459 g/mol. The molecule has 1 aliphatic heterocycles. The molecule has 1 saturated heterocycles. The van der Waals surface area contributed by atoms with Gasteiger partial charge in [0.15, 0.2) is 0 Å². The van der Waals surface area contributed by atoms with Gasteiger partial charge in [-0.3, -0.25) is 9.78 Å². The number of halogens is 2. The number of aliphatic imine (C=N–C) groups is 1. The Morgan fingerprint density at radius 2 is 1.88 bits per heavy atom. The smallest absolute Gasteiger partial charge is 0.253 e. The first-order chi connectivity index (χ1) is 16.1. The van der Waals surface area contributed by atoms with Crippen molar-refractivity contribution in [1.82, 2.24) is 15.2 Å². The number of benzene rings is 1. The van der Waals surface area contributed by atoms with E-state index in [1.54, 1.807) is 6.19 Å². The van der Waals surface area contributed by atoms with Crippen LogP contribution in [0.1, 0.15) is 48.9 Å². The van der Waals surface area contributed by atoms with Crippen molar-refractivity contribution in [1.29, 1.82) is 5.26 Å². The summed E-state index contributed by atoms with van der Waals surface area (Å²) in [4.78, 5) is 22.2. The molecule has 33 heavy (non-hydrogen) atoms. The molecule has 3 rings (SSSR count). The highest BCUT2D eigenvalue weighted by Crippen LogP contribution is 2.28. The predicted molar refractivity (Wildman–Crippen MR) is 132 cm³/mol. The van der Waals surface area contributed by atoms with Crippen LogP contribution in [0.4, 0.5) is 5.69 Å². The summed E-state index contributed by atoms with van der Waals surface area (Å²) in [6.45, 7) is 2.38. The second-order valence-electron chi connectivity index (χ2n) is 8.07. The number of rotatable bonds is 9. The number of guanidine groups is 1. The van der Waals surface area contributed by atoms with Crippen LogP contribution in [0.2, 0.25) is 10.0 Å². The second-order valence-corrected chi connectivity index (χ2v) is 8.88. The number of nitriles is 1. The number of carbonyl (C=O) groups excluding carboxylic acids is 1. The van der Waals surface area contributed by atoms with Crippen LogP contribution in [0, 0.1) is 17.4 Å². The van der Waals surface area contributed by atoms with Crippen LogP contribution in [-0.4, -0.2) is 41.4 Å². The molecule has 174 valence electrons. The first-order valence-electron chi connectivity index (χ1n) is 11.2. The van der Waals surface area contributed by atoms with E-state index in [2.05, 4.69) is 20.6 Å². The highest BCUT2D eigenvalue weighted by molar-refractivity contribution is 6.39. The van der Waals surface area contributed by atoms with Gasteiger partial charge in [0.25, 0.3) is 5.91 Å². The molecule has 0 spiro atoms. The third-order valence-electron chi connectivity index (χ3n) is 5.68. The van der Waals surface area contributed by atoms with Crippen molar-refractivity contribution in [2.24, 2.45) is 10.9 Å². The lowest BCUT2D eigenvalue weighted by atomic mass is 10.00. The van der Waals surface area contributed by atoms with Gasteiger partial charge in [-0.2, -0.15) is 5.26 Å². The largest absolute Gasteiger partial charge is 0.355 e. The van der Waals surface area contributed by atoms with Gasteiger partial charge in [0.1, 0.15) is 0 Å². The number of aromatic nitrogens is 1. The number of carbonyl (C=O) groups is 1. The molecule has 0 saturated carbocycles. The molecule has 1 amide bonds. The van der Waals surface area contributed by atoms with Gasteiger partial charge in [-0.25, -0.2) is 0 Å². The van der Waals surface area contributed by atoms with Gasteiger partial charge in [-0.15, -0.1) is 4.99 Å².